The van der Waals surface area contributed by atoms with Gasteiger partial charge in [-0.25, -0.2) is 4.79 Å². The van der Waals surface area contributed by atoms with Gasteiger partial charge in [0.05, 0.1) is 4.58 Å². The molecule has 0 spiro atoms. The van der Waals surface area contributed by atoms with Crippen molar-refractivity contribution in [1.29, 1.82) is 0 Å². The molecular formula is C7H15NO2S2. The first-order valence-electron chi connectivity index (χ1n) is 3.64. The van der Waals surface area contributed by atoms with Crippen LogP contribution in [0, 0.1) is 0 Å². The van der Waals surface area contributed by atoms with E-state index in [0.717, 1.165) is 0 Å². The number of alkyl carbamates (subject to hydrolysis) is 1. The van der Waals surface area contributed by atoms with E-state index in [0.29, 0.717) is 6.54 Å². The quantitative estimate of drug-likeness (QED) is 0.478. The highest BCUT2D eigenvalue weighted by Gasteiger charge is 2.15. The van der Waals surface area contributed by atoms with E-state index >= 15 is 0 Å². The first kappa shape index (κ1) is 12.0. The molecule has 0 aliphatic heterocycles. The Hall–Kier alpha value is -0.0300. The Morgan fingerprint density at radius 2 is 2.00 bits per heavy atom. The molecule has 1 N–H and O–H groups in total. The molecule has 0 aliphatic rings. The maximum absolute atomic E-state index is 11.0. The predicted octanol–water partition coefficient (Wildman–Crippen LogP) is 1.70. The van der Waals surface area contributed by atoms with Crippen molar-refractivity contribution in [3.8, 4) is 0 Å². The molecular weight excluding hydrogens is 194 g/mol. The van der Waals surface area contributed by atoms with Gasteiger partial charge in [-0.3, -0.25) is 0 Å². The van der Waals surface area contributed by atoms with Gasteiger partial charge in [-0.2, -0.15) is 25.3 Å². The molecule has 0 aromatic rings. The maximum atomic E-state index is 11.0. The summed E-state index contributed by atoms with van der Waals surface area (Å²) in [5, 5.41) is 2.52. The Labute approximate surface area is 84.1 Å². The van der Waals surface area contributed by atoms with Crippen LogP contribution in [0.3, 0.4) is 0 Å². The number of thiol groups is 2. The zero-order chi connectivity index (χ0) is 9.78. The van der Waals surface area contributed by atoms with Crippen LogP contribution in [0.5, 0.6) is 0 Å². The zero-order valence-electron chi connectivity index (χ0n) is 7.50. The van der Waals surface area contributed by atoms with Crippen molar-refractivity contribution in [1.82, 2.24) is 5.32 Å². The topological polar surface area (TPSA) is 38.3 Å². The van der Waals surface area contributed by atoms with Crippen molar-refractivity contribution >= 4 is 31.4 Å². The largest absolute Gasteiger partial charge is 0.444 e. The molecule has 72 valence electrons. The van der Waals surface area contributed by atoms with Crippen molar-refractivity contribution in [2.24, 2.45) is 0 Å². The zero-order valence-corrected chi connectivity index (χ0v) is 9.28. The molecule has 5 heteroatoms. The van der Waals surface area contributed by atoms with Gasteiger partial charge in [0.2, 0.25) is 0 Å². The number of rotatable bonds is 2. The summed E-state index contributed by atoms with van der Waals surface area (Å²) < 4.78 is 4.82. The van der Waals surface area contributed by atoms with E-state index in [9.17, 15) is 4.79 Å². The van der Waals surface area contributed by atoms with Crippen LogP contribution in [-0.2, 0) is 4.74 Å². The van der Waals surface area contributed by atoms with Crippen molar-refractivity contribution < 1.29 is 9.53 Å². The summed E-state index contributed by atoms with van der Waals surface area (Å²) in [6.45, 7) is 5.82. The third-order valence-corrected chi connectivity index (χ3v) is 1.19. The Kier molecular flexibility index (Phi) is 4.85. The molecule has 0 radical (unpaired) electrons. The Morgan fingerprint density at radius 3 is 2.33 bits per heavy atom. The fourth-order valence-electron chi connectivity index (χ4n) is 0.489. The molecule has 12 heavy (non-hydrogen) atoms. The molecule has 0 aromatic carbocycles. The number of hydrogen-bond donors (Lipinski definition) is 3. The van der Waals surface area contributed by atoms with Gasteiger partial charge in [0, 0.05) is 6.54 Å². The molecule has 0 aromatic heterocycles. The summed E-state index contributed by atoms with van der Waals surface area (Å²) in [6, 6.07) is 0. The lowest BCUT2D eigenvalue weighted by molar-refractivity contribution is 0.0530. The predicted molar refractivity (Wildman–Crippen MR) is 56.0 cm³/mol. The van der Waals surface area contributed by atoms with E-state index in [1.54, 1.807) is 0 Å². The van der Waals surface area contributed by atoms with E-state index < -0.39 is 11.7 Å². The number of amides is 1. The highest BCUT2D eigenvalue weighted by atomic mass is 32.2. The first-order valence-corrected chi connectivity index (χ1v) is 4.67. The van der Waals surface area contributed by atoms with Crippen LogP contribution in [0.4, 0.5) is 4.79 Å². The molecule has 0 bridgehead atoms. The Balaban J connectivity index is 3.61. The summed E-state index contributed by atoms with van der Waals surface area (Å²) in [7, 11) is 0. The molecule has 0 fully saturated rings. The first-order chi connectivity index (χ1) is 5.31. The molecule has 1 amide bonds. The molecule has 0 saturated carbocycles. The summed E-state index contributed by atoms with van der Waals surface area (Å²) >= 11 is 7.96. The molecule has 0 rings (SSSR count). The molecule has 0 atom stereocenters. The lowest BCUT2D eigenvalue weighted by Crippen LogP contribution is -2.34. The van der Waals surface area contributed by atoms with Crippen LogP contribution in [0.1, 0.15) is 20.8 Å². The highest BCUT2D eigenvalue weighted by molar-refractivity contribution is 7.99. The third-order valence-electron chi connectivity index (χ3n) is 0.828. The minimum atomic E-state index is -0.452. The van der Waals surface area contributed by atoms with Crippen molar-refractivity contribution in [2.45, 2.75) is 31.0 Å². The number of hydrogen-bond acceptors (Lipinski definition) is 4. The minimum Gasteiger partial charge on any atom is -0.444 e. The average Bonchev–Trinajstić information content (AvgIpc) is 1.79. The van der Waals surface area contributed by atoms with Gasteiger partial charge in [0.25, 0.3) is 0 Å². The van der Waals surface area contributed by atoms with Gasteiger partial charge >= 0.3 is 6.09 Å². The van der Waals surface area contributed by atoms with Crippen LogP contribution >= 0.6 is 25.3 Å². The standard InChI is InChI=1S/C7H15NO2S2/c1-7(2,3)10-6(9)8-4-5(11)12/h5,11-12H,4H2,1-3H3,(H,8,9). The van der Waals surface area contributed by atoms with Crippen LogP contribution in [-0.4, -0.2) is 22.8 Å². The van der Waals surface area contributed by atoms with Crippen LogP contribution in [0.2, 0.25) is 0 Å². The fraction of sp³-hybridized carbons (Fsp3) is 0.857. The molecule has 0 heterocycles. The van der Waals surface area contributed by atoms with Gasteiger partial charge < -0.3 is 10.1 Å². The highest BCUT2D eigenvalue weighted by Crippen LogP contribution is 2.06. The number of nitrogens with one attached hydrogen (secondary N) is 1. The normalized spacial score (nSPS) is 11.5. The number of ether oxygens (including phenoxy) is 1. The fourth-order valence-corrected chi connectivity index (χ4v) is 0.671. The molecule has 0 unspecified atom stereocenters. The van der Waals surface area contributed by atoms with Gasteiger partial charge in [0.1, 0.15) is 5.60 Å². The molecule has 0 saturated heterocycles. The second-order valence-electron chi connectivity index (χ2n) is 3.36. The van der Waals surface area contributed by atoms with Crippen LogP contribution in [0.25, 0.3) is 0 Å². The van der Waals surface area contributed by atoms with Crippen LogP contribution in [0.15, 0.2) is 0 Å². The number of carbonyl (C=O) groups excluding carboxylic acids is 1. The lowest BCUT2D eigenvalue weighted by Gasteiger charge is -2.19. The number of carbonyl (C=O) groups is 1. The second-order valence-corrected chi connectivity index (χ2v) is 5.02. The Morgan fingerprint density at radius 1 is 1.50 bits per heavy atom. The Bertz CT molecular complexity index is 154. The summed E-state index contributed by atoms with van der Waals surface area (Å²) in [6.07, 6.45) is -0.435. The van der Waals surface area contributed by atoms with E-state index in [2.05, 4.69) is 30.6 Å². The van der Waals surface area contributed by atoms with Crippen molar-refractivity contribution in [2.75, 3.05) is 6.54 Å². The van der Waals surface area contributed by atoms with E-state index in [1.165, 1.54) is 0 Å². The molecule has 0 aliphatic carbocycles. The van der Waals surface area contributed by atoms with Gasteiger partial charge in [0.15, 0.2) is 0 Å². The van der Waals surface area contributed by atoms with Gasteiger partial charge in [-0.1, -0.05) is 0 Å². The summed E-state index contributed by atoms with van der Waals surface area (Å²) in [5.41, 5.74) is -0.452. The smallest absolute Gasteiger partial charge is 0.407 e. The van der Waals surface area contributed by atoms with E-state index in [4.69, 9.17) is 4.74 Å². The second kappa shape index (κ2) is 4.87. The SMILES string of the molecule is CC(C)(C)OC(=O)NCC(S)S. The average molecular weight is 209 g/mol. The van der Waals surface area contributed by atoms with Gasteiger partial charge in [-0.15, -0.1) is 0 Å². The van der Waals surface area contributed by atoms with Crippen LogP contribution < -0.4 is 5.32 Å². The van der Waals surface area contributed by atoms with Crippen molar-refractivity contribution in [3.63, 3.8) is 0 Å². The van der Waals surface area contributed by atoms with Gasteiger partial charge in [-0.05, 0) is 20.8 Å². The molecule has 3 nitrogen and oxygen atoms in total. The summed E-state index contributed by atoms with van der Waals surface area (Å²) in [4.78, 5) is 11.0. The van der Waals surface area contributed by atoms with E-state index in [1.807, 2.05) is 20.8 Å². The van der Waals surface area contributed by atoms with Crippen molar-refractivity contribution in [3.05, 3.63) is 0 Å². The lowest BCUT2D eigenvalue weighted by atomic mass is 10.2. The minimum absolute atomic E-state index is 0.155. The monoisotopic (exact) mass is 209 g/mol. The summed E-state index contributed by atoms with van der Waals surface area (Å²) in [5.74, 6) is 0. The maximum Gasteiger partial charge on any atom is 0.407 e. The van der Waals surface area contributed by atoms with E-state index in [-0.39, 0.29) is 4.58 Å². The third kappa shape index (κ3) is 8.07.